The number of amides is 1. The van der Waals surface area contributed by atoms with Gasteiger partial charge in [-0.15, -0.1) is 0 Å². The van der Waals surface area contributed by atoms with Gasteiger partial charge in [0.15, 0.2) is 22.9 Å². The van der Waals surface area contributed by atoms with Gasteiger partial charge < -0.3 is 35.1 Å². The van der Waals surface area contributed by atoms with E-state index in [0.717, 1.165) is 48.7 Å². The van der Waals surface area contributed by atoms with Gasteiger partial charge in [-0.05, 0) is 24.3 Å². The maximum atomic E-state index is 12.8. The van der Waals surface area contributed by atoms with Crippen molar-refractivity contribution in [2.45, 2.75) is 61.8 Å². The molecular formula is C49H58N12O5. The minimum Gasteiger partial charge on any atom is -0.480 e. The average molecular weight is 895 g/mol. The van der Waals surface area contributed by atoms with Crippen LogP contribution in [0.5, 0.6) is 0 Å². The third kappa shape index (κ3) is 12.0. The van der Waals surface area contributed by atoms with E-state index in [0.29, 0.717) is 65.3 Å². The average Bonchev–Trinajstić information content (AvgIpc) is 3.93. The number of piperazine rings is 2. The molecule has 0 atom stereocenters. The minimum absolute atomic E-state index is 0. The van der Waals surface area contributed by atoms with Crippen LogP contribution in [0.15, 0.2) is 73.3 Å². The molecule has 0 spiro atoms. The summed E-state index contributed by atoms with van der Waals surface area (Å²) in [5.74, 6) is -1.10. The van der Waals surface area contributed by atoms with E-state index in [4.69, 9.17) is 25.6 Å². The second-order valence-electron chi connectivity index (χ2n) is 17.7. The number of carbonyl (C=O) groups is 4. The van der Waals surface area contributed by atoms with Crippen molar-refractivity contribution in [3.05, 3.63) is 84.4 Å². The van der Waals surface area contributed by atoms with Gasteiger partial charge in [0.05, 0.1) is 47.0 Å². The molecule has 8 rings (SSSR count). The number of nitrogens with one attached hydrogen (secondary N) is 3. The predicted molar refractivity (Wildman–Crippen MR) is 255 cm³/mol. The minimum atomic E-state index is -1.07. The molecule has 2 aromatic carbocycles. The molecule has 0 unspecified atom stereocenters. The number of H-pyrrole nitrogens is 2. The number of nitrogens with zero attached hydrogens (tertiary/aromatic N) is 9. The van der Waals surface area contributed by atoms with Crippen molar-refractivity contribution in [1.29, 1.82) is 10.5 Å². The summed E-state index contributed by atoms with van der Waals surface area (Å²) in [5, 5.41) is 27.4. The van der Waals surface area contributed by atoms with Gasteiger partial charge in [-0.2, -0.15) is 10.5 Å². The lowest BCUT2D eigenvalue weighted by molar-refractivity contribution is -0.136. The van der Waals surface area contributed by atoms with Crippen molar-refractivity contribution in [3.63, 3.8) is 0 Å². The monoisotopic (exact) mass is 894 g/mol. The van der Waals surface area contributed by atoms with Crippen LogP contribution in [0.2, 0.25) is 0 Å². The summed E-state index contributed by atoms with van der Waals surface area (Å²) in [6.07, 6.45) is 6.41. The van der Waals surface area contributed by atoms with Crippen LogP contribution in [0, 0.1) is 33.5 Å². The Labute approximate surface area is 384 Å². The van der Waals surface area contributed by atoms with Crippen molar-refractivity contribution < 1.29 is 24.3 Å². The number of ketones is 2. The quantitative estimate of drug-likeness (QED) is 0.110. The highest BCUT2D eigenvalue weighted by Crippen LogP contribution is 2.31. The number of rotatable bonds is 8. The first-order chi connectivity index (χ1) is 31.0. The molecule has 0 bridgehead atoms. The van der Waals surface area contributed by atoms with Crippen LogP contribution in [0.3, 0.4) is 0 Å². The van der Waals surface area contributed by atoms with Crippen molar-refractivity contribution >= 4 is 57.1 Å². The van der Waals surface area contributed by atoms with Gasteiger partial charge >= 0.3 is 5.97 Å². The lowest BCUT2D eigenvalue weighted by Gasteiger charge is -2.36. The Morgan fingerprint density at radius 3 is 1.50 bits per heavy atom. The maximum absolute atomic E-state index is 12.8. The third-order valence-electron chi connectivity index (χ3n) is 10.8. The largest absolute Gasteiger partial charge is 0.480 e. The maximum Gasteiger partial charge on any atom is 0.317 e. The van der Waals surface area contributed by atoms with Crippen LogP contribution >= 0.6 is 0 Å². The fourth-order valence-corrected chi connectivity index (χ4v) is 7.32. The molecule has 344 valence electrons. The zero-order valence-corrected chi connectivity index (χ0v) is 37.6. The van der Waals surface area contributed by atoms with Crippen molar-refractivity contribution in [1.82, 2.24) is 40.1 Å². The van der Waals surface area contributed by atoms with Gasteiger partial charge in [-0.25, -0.2) is 19.9 Å². The van der Waals surface area contributed by atoms with E-state index in [-0.39, 0.29) is 31.3 Å². The van der Waals surface area contributed by atoms with Gasteiger partial charge in [0, 0.05) is 98.1 Å². The smallest absolute Gasteiger partial charge is 0.317 e. The zero-order chi connectivity index (χ0) is 46.9. The number of fused-ring (bicyclic) bond motifs is 2. The van der Waals surface area contributed by atoms with E-state index in [2.05, 4.69) is 59.3 Å². The summed E-state index contributed by atoms with van der Waals surface area (Å²) in [6.45, 7) is 18.0. The SMILES string of the molecule is C.CC(C)(C)C(=O)c1c[nH]c2ncc(-c3cccc(N4CCN(C(=O)CC#N)CC4)c3)nc12.CC(C)(C)C(=O)c1c[nH]c2ncc(-c3cccc(N4CCNCC4)c3)nc12.N#CCC(=O)O. The Morgan fingerprint density at radius 2 is 1.11 bits per heavy atom. The normalized spacial score (nSPS) is 13.8. The number of carboxylic acid groups (broad SMARTS) is 1. The summed E-state index contributed by atoms with van der Waals surface area (Å²) < 4.78 is 0. The zero-order valence-electron chi connectivity index (χ0n) is 37.6. The molecule has 4 N–H and O–H groups in total. The molecule has 2 saturated heterocycles. The molecule has 17 nitrogen and oxygen atoms in total. The van der Waals surface area contributed by atoms with E-state index in [1.807, 2.05) is 71.9 Å². The molecule has 2 fully saturated rings. The number of anilines is 2. The van der Waals surface area contributed by atoms with Crippen LogP contribution < -0.4 is 15.1 Å². The Morgan fingerprint density at radius 1 is 0.667 bits per heavy atom. The van der Waals surface area contributed by atoms with Gasteiger partial charge in [0.25, 0.3) is 0 Å². The molecule has 0 saturated carbocycles. The third-order valence-corrected chi connectivity index (χ3v) is 10.8. The molecule has 2 aliphatic rings. The number of hydrogen-bond acceptors (Lipinski definition) is 13. The van der Waals surface area contributed by atoms with E-state index in [1.165, 1.54) is 11.8 Å². The fraction of sp³-hybridized carbons (Fsp3) is 0.388. The number of carboxylic acids is 1. The lowest BCUT2D eigenvalue weighted by atomic mass is 9.87. The number of nitriles is 2. The number of carbonyl (C=O) groups excluding carboxylic acids is 3. The van der Waals surface area contributed by atoms with E-state index in [9.17, 15) is 19.2 Å². The molecule has 2 aliphatic heterocycles. The predicted octanol–water partition coefficient (Wildman–Crippen LogP) is 7.30. The molecule has 6 heterocycles. The van der Waals surface area contributed by atoms with E-state index >= 15 is 0 Å². The molecule has 0 radical (unpaired) electrons. The summed E-state index contributed by atoms with van der Waals surface area (Å²) in [4.78, 5) is 77.9. The molecule has 17 heteroatoms. The van der Waals surface area contributed by atoms with E-state index in [1.54, 1.807) is 29.7 Å². The van der Waals surface area contributed by atoms with Gasteiger partial charge in [0.2, 0.25) is 5.91 Å². The summed E-state index contributed by atoms with van der Waals surface area (Å²) >= 11 is 0. The number of hydrogen-bond donors (Lipinski definition) is 4. The lowest BCUT2D eigenvalue weighted by Crippen LogP contribution is -2.48. The highest BCUT2D eigenvalue weighted by molar-refractivity contribution is 6.09. The highest BCUT2D eigenvalue weighted by Gasteiger charge is 2.28. The summed E-state index contributed by atoms with van der Waals surface area (Å²) in [5.41, 5.74) is 8.27. The Kier molecular flexibility index (Phi) is 16.1. The highest BCUT2D eigenvalue weighted by atomic mass is 16.4. The van der Waals surface area contributed by atoms with Crippen molar-refractivity contribution in [3.8, 4) is 34.7 Å². The summed E-state index contributed by atoms with van der Waals surface area (Å²) in [6, 6.07) is 19.8. The first-order valence-corrected chi connectivity index (χ1v) is 21.4. The van der Waals surface area contributed by atoms with Crippen LogP contribution in [-0.2, 0) is 9.59 Å². The molecule has 6 aromatic rings. The van der Waals surface area contributed by atoms with Gasteiger partial charge in [-0.1, -0.05) is 73.2 Å². The number of aromatic nitrogens is 6. The topological polar surface area (TPSA) is 241 Å². The summed E-state index contributed by atoms with van der Waals surface area (Å²) in [7, 11) is 0. The van der Waals surface area contributed by atoms with Crippen LogP contribution in [-0.4, -0.2) is 116 Å². The fourth-order valence-electron chi connectivity index (χ4n) is 7.32. The standard InChI is InChI=1S/C24H26N6O2.C21H25N5O.C3H3NO2.CH4/c1-24(2,3)22(32)18-14-26-23-21(18)28-19(15-27-23)16-5-4-6-17(13-16)29-9-11-30(12-10-29)20(31)7-8-25;1-21(2,3)19(27)16-12-23-20-18(16)25-17(13-24-20)14-5-4-6-15(11-14)26-9-7-22-8-10-26;4-2-1-3(5)6;/h4-6,13-15H,7,9-12H2,1-3H3,(H,26,27);4-6,11-13,22H,7-10H2,1-3H3,(H,23,24);1H2,(H,5,6);1H4. The first-order valence-electron chi connectivity index (χ1n) is 21.4. The van der Waals surface area contributed by atoms with E-state index < -0.39 is 23.2 Å². The Bertz CT molecular complexity index is 2770. The number of benzene rings is 2. The number of Topliss-reactive ketones (excluding diaryl/α,β-unsaturated/α-hetero) is 2. The molecule has 4 aromatic heterocycles. The second kappa shape index (κ2) is 21.5. The molecule has 0 aliphatic carbocycles. The number of aromatic amines is 2. The molecule has 66 heavy (non-hydrogen) atoms. The van der Waals surface area contributed by atoms with Gasteiger partial charge in [-0.3, -0.25) is 19.2 Å². The number of aliphatic carboxylic acids is 1. The Balaban J connectivity index is 0.000000220. The van der Waals surface area contributed by atoms with Gasteiger partial charge in [0.1, 0.15) is 23.9 Å². The van der Waals surface area contributed by atoms with Crippen LogP contribution in [0.4, 0.5) is 11.4 Å². The van der Waals surface area contributed by atoms with Crippen LogP contribution in [0.25, 0.3) is 44.8 Å². The molecular weight excluding hydrogens is 837 g/mol. The molecule has 1 amide bonds. The Hall–Kier alpha value is -7.50. The van der Waals surface area contributed by atoms with Crippen LogP contribution in [0.1, 0.15) is 82.5 Å². The second-order valence-corrected chi connectivity index (χ2v) is 17.7. The van der Waals surface area contributed by atoms with Crippen molar-refractivity contribution in [2.24, 2.45) is 10.8 Å². The first kappa shape index (κ1) is 49.5. The van der Waals surface area contributed by atoms with Crippen molar-refractivity contribution in [2.75, 3.05) is 62.2 Å².